The average Bonchev–Trinajstić information content (AvgIpc) is 2.42. The Balaban J connectivity index is 2.34. The Bertz CT molecular complexity index is 664. The highest BCUT2D eigenvalue weighted by atomic mass is 35.5. The van der Waals surface area contributed by atoms with E-state index in [1.54, 1.807) is 25.2 Å². The molecule has 20 heavy (non-hydrogen) atoms. The van der Waals surface area contributed by atoms with Crippen molar-refractivity contribution in [2.45, 2.75) is 0 Å². The van der Waals surface area contributed by atoms with Gasteiger partial charge >= 0.3 is 0 Å². The van der Waals surface area contributed by atoms with Crippen LogP contribution in [0.25, 0.3) is 0 Å². The van der Waals surface area contributed by atoms with E-state index in [1.807, 2.05) is 0 Å². The first-order valence-corrected chi connectivity index (χ1v) is 6.31. The molecule has 2 N–H and O–H groups in total. The van der Waals surface area contributed by atoms with Gasteiger partial charge in [0.15, 0.2) is 0 Å². The first-order chi connectivity index (χ1) is 9.49. The zero-order chi connectivity index (χ0) is 14.7. The highest BCUT2D eigenvalue weighted by Gasteiger charge is 2.11. The molecule has 0 bridgehead atoms. The molecule has 0 atom stereocenters. The van der Waals surface area contributed by atoms with Gasteiger partial charge in [-0.2, -0.15) is 0 Å². The molecule has 0 saturated heterocycles. The van der Waals surface area contributed by atoms with Crippen LogP contribution in [-0.4, -0.2) is 17.0 Å². The monoisotopic (exact) mass is 312 g/mol. The fourth-order valence-electron chi connectivity index (χ4n) is 1.54. The maximum absolute atomic E-state index is 10.9. The maximum atomic E-state index is 10.9. The molecule has 1 heterocycles. The molecule has 8 heteroatoms. The van der Waals surface area contributed by atoms with E-state index in [1.165, 1.54) is 12.1 Å². The van der Waals surface area contributed by atoms with Gasteiger partial charge in [-0.25, -0.2) is 4.98 Å². The highest BCUT2D eigenvalue weighted by Crippen LogP contribution is 2.28. The Kier molecular flexibility index (Phi) is 4.26. The number of hydrogen-bond acceptors (Lipinski definition) is 5. The van der Waals surface area contributed by atoms with E-state index in [4.69, 9.17) is 23.2 Å². The lowest BCUT2D eigenvalue weighted by atomic mass is 10.3. The van der Waals surface area contributed by atoms with Crippen LogP contribution in [-0.2, 0) is 0 Å². The largest absolute Gasteiger partial charge is 0.373 e. The Morgan fingerprint density at radius 2 is 1.85 bits per heavy atom. The zero-order valence-electron chi connectivity index (χ0n) is 10.4. The predicted octanol–water partition coefficient (Wildman–Crippen LogP) is 4.08. The molecule has 0 aliphatic carbocycles. The smallest absolute Gasteiger partial charge is 0.276 e. The topological polar surface area (TPSA) is 80.1 Å². The number of hydrogen-bond donors (Lipinski definition) is 2. The van der Waals surface area contributed by atoms with Crippen molar-refractivity contribution in [1.82, 2.24) is 4.98 Å². The molecule has 1 aromatic heterocycles. The third kappa shape index (κ3) is 3.28. The normalized spacial score (nSPS) is 10.2. The molecule has 0 radical (unpaired) electrons. The third-order valence-corrected chi connectivity index (χ3v) is 3.21. The Labute approximate surface area is 124 Å². The molecule has 2 rings (SSSR count). The van der Waals surface area contributed by atoms with Gasteiger partial charge in [0.2, 0.25) is 0 Å². The van der Waals surface area contributed by atoms with Crippen molar-refractivity contribution in [2.75, 3.05) is 17.7 Å². The van der Waals surface area contributed by atoms with Crippen LogP contribution in [0.2, 0.25) is 10.0 Å². The molecular formula is C12H10Cl2N4O2. The van der Waals surface area contributed by atoms with Crippen LogP contribution in [0.5, 0.6) is 0 Å². The highest BCUT2D eigenvalue weighted by molar-refractivity contribution is 6.42. The van der Waals surface area contributed by atoms with Gasteiger partial charge in [-0.05, 0) is 18.2 Å². The predicted molar refractivity (Wildman–Crippen MR) is 80.2 cm³/mol. The number of rotatable bonds is 4. The van der Waals surface area contributed by atoms with E-state index in [-0.39, 0.29) is 5.69 Å². The molecule has 0 saturated carbocycles. The quantitative estimate of drug-likeness (QED) is 0.656. The Morgan fingerprint density at radius 3 is 2.45 bits per heavy atom. The molecule has 0 aliphatic rings. The number of benzene rings is 1. The first kappa shape index (κ1) is 14.4. The number of nitrogens with one attached hydrogen (secondary N) is 2. The summed E-state index contributed by atoms with van der Waals surface area (Å²) in [6, 6.07) is 7.63. The van der Waals surface area contributed by atoms with Gasteiger partial charge < -0.3 is 10.6 Å². The van der Waals surface area contributed by atoms with Crippen molar-refractivity contribution in [3.8, 4) is 0 Å². The molecule has 1 aromatic carbocycles. The van der Waals surface area contributed by atoms with Gasteiger partial charge in [-0.3, -0.25) is 10.1 Å². The lowest BCUT2D eigenvalue weighted by Crippen LogP contribution is -2.00. The van der Waals surface area contributed by atoms with Crippen LogP contribution in [0.1, 0.15) is 0 Å². The number of halogens is 2. The van der Waals surface area contributed by atoms with Gasteiger partial charge in [0.25, 0.3) is 5.69 Å². The summed E-state index contributed by atoms with van der Waals surface area (Å²) in [6.45, 7) is 0. The number of aromatic nitrogens is 1. The van der Waals surface area contributed by atoms with Gasteiger partial charge in [0, 0.05) is 12.7 Å². The van der Waals surface area contributed by atoms with Crippen molar-refractivity contribution in [2.24, 2.45) is 0 Å². The van der Waals surface area contributed by atoms with E-state index >= 15 is 0 Å². The van der Waals surface area contributed by atoms with Crippen LogP contribution >= 0.6 is 23.2 Å². The molecule has 0 amide bonds. The number of anilines is 3. The van der Waals surface area contributed by atoms with Crippen LogP contribution in [0.3, 0.4) is 0 Å². The Hall–Kier alpha value is -2.05. The number of pyridine rings is 1. The summed E-state index contributed by atoms with van der Waals surface area (Å²) in [7, 11) is 1.63. The summed E-state index contributed by atoms with van der Waals surface area (Å²) in [6.07, 6.45) is 0. The molecule has 0 spiro atoms. The number of nitrogens with zero attached hydrogens (tertiary/aromatic N) is 2. The summed E-state index contributed by atoms with van der Waals surface area (Å²) in [5.41, 5.74) is 0.571. The average molecular weight is 313 g/mol. The van der Waals surface area contributed by atoms with E-state index < -0.39 is 4.92 Å². The standard InChI is InChI=1S/C12H10Cl2N4O2/c1-15-11-5-8(18(19)20)6-12(17-11)16-7-2-3-9(13)10(14)4-7/h2-6H,1H3,(H2,15,16,17). The first-order valence-electron chi connectivity index (χ1n) is 5.56. The summed E-state index contributed by atoms with van der Waals surface area (Å²) in [4.78, 5) is 14.6. The van der Waals surface area contributed by atoms with Crippen molar-refractivity contribution >= 4 is 46.2 Å². The lowest BCUT2D eigenvalue weighted by molar-refractivity contribution is -0.384. The Morgan fingerprint density at radius 1 is 1.15 bits per heavy atom. The molecule has 6 nitrogen and oxygen atoms in total. The van der Waals surface area contributed by atoms with Crippen molar-refractivity contribution in [1.29, 1.82) is 0 Å². The van der Waals surface area contributed by atoms with E-state index in [0.29, 0.717) is 27.4 Å². The number of nitro groups is 1. The van der Waals surface area contributed by atoms with E-state index in [9.17, 15) is 10.1 Å². The van der Waals surface area contributed by atoms with Crippen molar-refractivity contribution in [3.63, 3.8) is 0 Å². The molecule has 0 unspecified atom stereocenters. The van der Waals surface area contributed by atoms with E-state index in [0.717, 1.165) is 0 Å². The summed E-state index contributed by atoms with van der Waals surface area (Å²) in [5.74, 6) is 0.726. The second kappa shape index (κ2) is 5.94. The molecule has 2 aromatic rings. The van der Waals surface area contributed by atoms with Crippen LogP contribution < -0.4 is 10.6 Å². The van der Waals surface area contributed by atoms with Gasteiger partial charge in [0.05, 0.1) is 27.1 Å². The molecule has 0 aliphatic heterocycles. The van der Waals surface area contributed by atoms with Crippen LogP contribution in [0.15, 0.2) is 30.3 Å². The third-order valence-electron chi connectivity index (χ3n) is 2.47. The minimum atomic E-state index is -0.484. The fourth-order valence-corrected chi connectivity index (χ4v) is 1.83. The van der Waals surface area contributed by atoms with Crippen LogP contribution in [0.4, 0.5) is 23.0 Å². The van der Waals surface area contributed by atoms with Gasteiger partial charge in [0.1, 0.15) is 11.6 Å². The fraction of sp³-hybridized carbons (Fsp3) is 0.0833. The minimum Gasteiger partial charge on any atom is -0.373 e. The SMILES string of the molecule is CNc1cc([N+](=O)[O-])cc(Nc2ccc(Cl)c(Cl)c2)n1. The van der Waals surface area contributed by atoms with Gasteiger partial charge in [-0.15, -0.1) is 0 Å². The molecule has 104 valence electrons. The summed E-state index contributed by atoms with van der Waals surface area (Å²) < 4.78 is 0. The second-order valence-electron chi connectivity index (χ2n) is 3.86. The lowest BCUT2D eigenvalue weighted by Gasteiger charge is -2.08. The summed E-state index contributed by atoms with van der Waals surface area (Å²) in [5, 5.41) is 17.4. The zero-order valence-corrected chi connectivity index (χ0v) is 11.9. The van der Waals surface area contributed by atoms with E-state index in [2.05, 4.69) is 15.6 Å². The second-order valence-corrected chi connectivity index (χ2v) is 4.67. The van der Waals surface area contributed by atoms with Crippen molar-refractivity contribution < 1.29 is 4.92 Å². The molecule has 0 fully saturated rings. The minimum absolute atomic E-state index is 0.0630. The van der Waals surface area contributed by atoms with Crippen LogP contribution in [0, 0.1) is 10.1 Å². The van der Waals surface area contributed by atoms with Gasteiger partial charge in [-0.1, -0.05) is 23.2 Å². The molecular weight excluding hydrogens is 303 g/mol. The summed E-state index contributed by atoms with van der Waals surface area (Å²) >= 11 is 11.7. The van der Waals surface area contributed by atoms with Crippen molar-refractivity contribution in [3.05, 3.63) is 50.5 Å². The maximum Gasteiger partial charge on any atom is 0.276 e.